The molecule has 238 valence electrons. The average Bonchev–Trinajstić information content (AvgIpc) is 3.08. The van der Waals surface area contributed by atoms with Gasteiger partial charge in [0.25, 0.3) is 0 Å². The van der Waals surface area contributed by atoms with Crippen LogP contribution in [0.25, 0.3) is 11.1 Å². The monoisotopic (exact) mass is 611 g/mol. The van der Waals surface area contributed by atoms with Crippen LogP contribution in [0, 0.1) is 5.92 Å². The second-order valence-electron chi connectivity index (χ2n) is 11.9. The number of primary amides is 1. The Hall–Kier alpha value is -4.21. The Balaban J connectivity index is 1.07. The number of rotatable bonds is 12. The van der Waals surface area contributed by atoms with Gasteiger partial charge >= 0.3 is 6.09 Å². The minimum atomic E-state index is -0.438. The molecule has 5 rings (SSSR count). The van der Waals surface area contributed by atoms with Crippen molar-refractivity contribution >= 4 is 23.6 Å². The zero-order valence-corrected chi connectivity index (χ0v) is 26.0. The fourth-order valence-electron chi connectivity index (χ4n) is 6.14. The summed E-state index contributed by atoms with van der Waals surface area (Å²) in [5.74, 6) is -0.266. The van der Waals surface area contributed by atoms with E-state index in [-0.39, 0.29) is 30.9 Å². The highest BCUT2D eigenvalue weighted by atomic mass is 16.6. The predicted octanol–water partition coefficient (Wildman–Crippen LogP) is 5.14. The molecule has 0 atom stereocenters. The lowest BCUT2D eigenvalue weighted by Crippen LogP contribution is -2.50. The Bertz CT molecular complexity index is 1400. The largest absolute Gasteiger partial charge is 0.446 e. The molecule has 0 radical (unpaired) electrons. The van der Waals surface area contributed by atoms with E-state index in [9.17, 15) is 14.4 Å². The van der Waals surface area contributed by atoms with Gasteiger partial charge in [0.05, 0.1) is 12.2 Å². The van der Waals surface area contributed by atoms with Crippen molar-refractivity contribution in [3.05, 3.63) is 90.0 Å². The zero-order chi connectivity index (χ0) is 31.4. The number of ether oxygens (including phenoxy) is 1. The molecule has 0 bridgehead atoms. The number of nitrogens with zero attached hydrogens (tertiary/aromatic N) is 3. The molecule has 0 saturated carbocycles. The average molecular weight is 612 g/mol. The second-order valence-corrected chi connectivity index (χ2v) is 11.9. The number of piperidine rings is 2. The van der Waals surface area contributed by atoms with Crippen LogP contribution in [0.15, 0.2) is 78.9 Å². The van der Waals surface area contributed by atoms with Gasteiger partial charge in [0.15, 0.2) is 0 Å². The summed E-state index contributed by atoms with van der Waals surface area (Å²) in [4.78, 5) is 39.8. The number of hydrogen-bond donors (Lipinski definition) is 2. The van der Waals surface area contributed by atoms with Gasteiger partial charge in [-0.05, 0) is 68.0 Å². The molecule has 3 N–H and O–H groups in total. The van der Waals surface area contributed by atoms with Crippen LogP contribution in [0.5, 0.6) is 0 Å². The molecule has 3 aromatic carbocycles. The number of carbonyl (C=O) groups excluding carboxylic acids is 3. The predicted molar refractivity (Wildman–Crippen MR) is 176 cm³/mol. The van der Waals surface area contributed by atoms with Crippen molar-refractivity contribution in [2.24, 2.45) is 11.7 Å². The van der Waals surface area contributed by atoms with Gasteiger partial charge in [-0.15, -0.1) is 0 Å². The third-order valence-electron chi connectivity index (χ3n) is 8.71. The molecule has 2 aliphatic heterocycles. The van der Waals surface area contributed by atoms with Gasteiger partial charge in [0.1, 0.15) is 6.61 Å². The minimum Gasteiger partial charge on any atom is -0.446 e. The van der Waals surface area contributed by atoms with Crippen LogP contribution in [0.4, 0.5) is 10.5 Å². The highest BCUT2D eigenvalue weighted by molar-refractivity contribution is 5.93. The number of hydrazine groups is 1. The molecule has 2 fully saturated rings. The van der Waals surface area contributed by atoms with Gasteiger partial charge in [0.2, 0.25) is 11.8 Å². The number of amides is 3. The van der Waals surface area contributed by atoms with E-state index >= 15 is 0 Å². The molecule has 3 aromatic rings. The Morgan fingerprint density at radius 2 is 1.49 bits per heavy atom. The fourth-order valence-corrected chi connectivity index (χ4v) is 6.14. The van der Waals surface area contributed by atoms with Gasteiger partial charge < -0.3 is 15.8 Å². The van der Waals surface area contributed by atoms with Gasteiger partial charge in [-0.1, -0.05) is 79.2 Å². The number of hydrogen-bond acceptors (Lipinski definition) is 6. The molecule has 3 amide bonds. The number of aryl methyl sites for hydroxylation is 1. The molecule has 2 heterocycles. The normalized spacial score (nSPS) is 16.2. The second kappa shape index (κ2) is 16.2. The van der Waals surface area contributed by atoms with Crippen molar-refractivity contribution in [2.45, 2.75) is 51.5 Å². The summed E-state index contributed by atoms with van der Waals surface area (Å²) in [5.41, 5.74) is 10.5. The fraction of sp³-hybridized carbons (Fsp3) is 0.417. The summed E-state index contributed by atoms with van der Waals surface area (Å²) < 4.78 is 5.71. The van der Waals surface area contributed by atoms with Crippen LogP contribution in [0.2, 0.25) is 0 Å². The summed E-state index contributed by atoms with van der Waals surface area (Å²) in [7, 11) is 0. The maximum atomic E-state index is 13.5. The van der Waals surface area contributed by atoms with Crippen molar-refractivity contribution in [1.82, 2.24) is 15.2 Å². The number of para-hydroxylation sites is 1. The Morgan fingerprint density at radius 3 is 2.20 bits per heavy atom. The molecule has 2 saturated heterocycles. The standard InChI is InChI=1S/C36H45N5O4/c37-35(43)31-19-24-39(25-20-31)27-29-15-13-28(14-16-29)17-18-34(42)38-21-26-45-36(44)41(40-22-7-2-8-23-40)33-12-6-5-11-32(33)30-9-3-1-4-10-30/h1,3-6,9-16,31H,2,7-8,17-27H2,(H2,37,43)(H,38,42). The number of likely N-dealkylation sites (tertiary alicyclic amines) is 1. The quantitative estimate of drug-likeness (QED) is 0.275. The third kappa shape index (κ3) is 9.15. The topological polar surface area (TPSA) is 108 Å². The molecule has 9 heteroatoms. The Kier molecular flexibility index (Phi) is 11.6. The summed E-state index contributed by atoms with van der Waals surface area (Å²) in [6.45, 7) is 4.51. The van der Waals surface area contributed by atoms with Crippen molar-refractivity contribution in [1.29, 1.82) is 0 Å². The van der Waals surface area contributed by atoms with E-state index < -0.39 is 6.09 Å². The number of carbonyl (C=O) groups is 3. The highest BCUT2D eigenvalue weighted by Gasteiger charge is 2.28. The van der Waals surface area contributed by atoms with E-state index in [1.807, 2.05) is 54.6 Å². The van der Waals surface area contributed by atoms with Gasteiger partial charge in [-0.3, -0.25) is 14.5 Å². The molecule has 0 aromatic heterocycles. The van der Waals surface area contributed by atoms with Crippen molar-refractivity contribution in [3.8, 4) is 11.1 Å². The molecule has 0 unspecified atom stereocenters. The van der Waals surface area contributed by atoms with Crippen molar-refractivity contribution in [2.75, 3.05) is 44.3 Å². The summed E-state index contributed by atoms with van der Waals surface area (Å²) in [5, 5.41) is 6.64. The molecule has 0 aliphatic carbocycles. The molecule has 0 spiro atoms. The third-order valence-corrected chi connectivity index (χ3v) is 8.71. The first kappa shape index (κ1) is 32.2. The van der Waals surface area contributed by atoms with Gasteiger partial charge in [0, 0.05) is 37.5 Å². The smallest absolute Gasteiger partial charge is 0.429 e. The highest BCUT2D eigenvalue weighted by Crippen LogP contribution is 2.33. The summed E-state index contributed by atoms with van der Waals surface area (Å²) in [6.07, 6.45) is 5.38. The SMILES string of the molecule is NC(=O)C1CCN(Cc2ccc(CCC(=O)NCCOC(=O)N(c3ccccc3-c3ccccc3)N3CCCCC3)cc2)CC1. The van der Waals surface area contributed by atoms with Crippen LogP contribution in [-0.4, -0.2) is 67.1 Å². The van der Waals surface area contributed by atoms with E-state index in [0.717, 1.165) is 87.2 Å². The molecule has 2 aliphatic rings. The van der Waals surface area contributed by atoms with E-state index in [0.29, 0.717) is 12.8 Å². The van der Waals surface area contributed by atoms with Crippen LogP contribution in [-0.2, 0) is 27.3 Å². The van der Waals surface area contributed by atoms with E-state index in [1.54, 1.807) is 5.01 Å². The van der Waals surface area contributed by atoms with E-state index in [1.165, 1.54) is 5.56 Å². The van der Waals surface area contributed by atoms with Gasteiger partial charge in [-0.2, -0.15) is 0 Å². The van der Waals surface area contributed by atoms with Crippen molar-refractivity contribution < 1.29 is 19.1 Å². The Labute approximate surface area is 266 Å². The molecule has 45 heavy (non-hydrogen) atoms. The summed E-state index contributed by atoms with van der Waals surface area (Å²) >= 11 is 0. The zero-order valence-electron chi connectivity index (χ0n) is 26.0. The van der Waals surface area contributed by atoms with Crippen LogP contribution < -0.4 is 16.1 Å². The van der Waals surface area contributed by atoms with Crippen molar-refractivity contribution in [3.63, 3.8) is 0 Å². The lowest BCUT2D eigenvalue weighted by atomic mass is 9.96. The molecule has 9 nitrogen and oxygen atoms in total. The number of nitrogens with two attached hydrogens (primary N) is 1. The summed E-state index contributed by atoms with van der Waals surface area (Å²) in [6, 6.07) is 26.3. The molecular weight excluding hydrogens is 566 g/mol. The number of anilines is 1. The van der Waals surface area contributed by atoms with Crippen LogP contribution >= 0.6 is 0 Å². The molecular formula is C36H45N5O4. The maximum absolute atomic E-state index is 13.5. The lowest BCUT2D eigenvalue weighted by molar-refractivity contribution is -0.123. The van der Waals surface area contributed by atoms with Gasteiger partial charge in [-0.25, -0.2) is 14.8 Å². The lowest BCUT2D eigenvalue weighted by Gasteiger charge is -2.37. The van der Waals surface area contributed by atoms with E-state index in [2.05, 4.69) is 39.5 Å². The maximum Gasteiger partial charge on any atom is 0.429 e. The number of benzene rings is 3. The van der Waals surface area contributed by atoms with Crippen LogP contribution in [0.3, 0.4) is 0 Å². The first-order chi connectivity index (χ1) is 22.0. The first-order valence-electron chi connectivity index (χ1n) is 16.2. The minimum absolute atomic E-state index is 0.00139. The van der Waals surface area contributed by atoms with E-state index in [4.69, 9.17) is 10.5 Å². The van der Waals surface area contributed by atoms with Crippen LogP contribution in [0.1, 0.15) is 49.7 Å². The Morgan fingerprint density at radius 1 is 0.822 bits per heavy atom. The number of nitrogens with one attached hydrogen (secondary N) is 1. The first-order valence-corrected chi connectivity index (χ1v) is 16.2.